The number of anilines is 1. The molecular weight excluding hydrogens is 358 g/mol. The average Bonchev–Trinajstić information content (AvgIpc) is 2.40. The predicted molar refractivity (Wildman–Crippen MR) is 83.1 cm³/mol. The van der Waals surface area contributed by atoms with Crippen molar-refractivity contribution in [2.75, 3.05) is 4.72 Å². The van der Waals surface area contributed by atoms with Crippen LogP contribution in [-0.4, -0.2) is 19.5 Å². The minimum Gasteiger partial charge on any atom is -0.478 e. The zero-order valence-electron chi connectivity index (χ0n) is 11.0. The molecule has 0 aliphatic carbocycles. The molecular formula is C14H12BrNO4S. The van der Waals surface area contributed by atoms with Crippen LogP contribution < -0.4 is 4.72 Å². The molecule has 0 fully saturated rings. The van der Waals surface area contributed by atoms with Crippen molar-refractivity contribution in [2.24, 2.45) is 0 Å². The summed E-state index contributed by atoms with van der Waals surface area (Å²) >= 11 is 3.09. The highest BCUT2D eigenvalue weighted by atomic mass is 79.9. The van der Waals surface area contributed by atoms with Crippen LogP contribution in [0.25, 0.3) is 0 Å². The van der Waals surface area contributed by atoms with E-state index in [-0.39, 0.29) is 14.9 Å². The van der Waals surface area contributed by atoms with Gasteiger partial charge in [-0.15, -0.1) is 0 Å². The van der Waals surface area contributed by atoms with Crippen LogP contribution in [0.4, 0.5) is 5.69 Å². The minimum atomic E-state index is -3.79. The van der Waals surface area contributed by atoms with Crippen molar-refractivity contribution < 1.29 is 18.3 Å². The molecule has 0 atom stereocenters. The first-order chi connectivity index (χ1) is 9.79. The lowest BCUT2D eigenvalue weighted by Crippen LogP contribution is -2.14. The zero-order chi connectivity index (χ0) is 15.6. The van der Waals surface area contributed by atoms with Gasteiger partial charge in [-0.25, -0.2) is 13.2 Å². The van der Waals surface area contributed by atoms with E-state index < -0.39 is 16.0 Å². The maximum atomic E-state index is 12.3. The number of aryl methyl sites for hydroxylation is 1. The Bertz CT molecular complexity index is 785. The number of carboxylic acids is 1. The topological polar surface area (TPSA) is 83.5 Å². The maximum Gasteiger partial charge on any atom is 0.335 e. The Morgan fingerprint density at radius 2 is 1.76 bits per heavy atom. The summed E-state index contributed by atoms with van der Waals surface area (Å²) in [6, 6.07) is 10.7. The van der Waals surface area contributed by atoms with Gasteiger partial charge in [0.05, 0.1) is 5.56 Å². The number of sulfonamides is 1. The van der Waals surface area contributed by atoms with Crippen LogP contribution in [0.2, 0.25) is 0 Å². The highest BCUT2D eigenvalue weighted by molar-refractivity contribution is 9.10. The average molecular weight is 370 g/mol. The number of carbonyl (C=O) groups is 1. The summed E-state index contributed by atoms with van der Waals surface area (Å²) in [5.74, 6) is -1.12. The first-order valence-electron chi connectivity index (χ1n) is 5.92. The van der Waals surface area contributed by atoms with Gasteiger partial charge in [0, 0.05) is 10.2 Å². The number of hydrogen-bond donors (Lipinski definition) is 2. The molecule has 2 rings (SSSR count). The number of benzene rings is 2. The van der Waals surface area contributed by atoms with E-state index in [1.165, 1.54) is 18.2 Å². The van der Waals surface area contributed by atoms with Gasteiger partial charge in [-0.2, -0.15) is 0 Å². The fourth-order valence-electron chi connectivity index (χ4n) is 1.68. The van der Waals surface area contributed by atoms with Crippen LogP contribution >= 0.6 is 15.9 Å². The minimum absolute atomic E-state index is 0.0103. The van der Waals surface area contributed by atoms with Crippen LogP contribution in [-0.2, 0) is 10.0 Å². The van der Waals surface area contributed by atoms with Crippen LogP contribution in [0, 0.1) is 6.92 Å². The Morgan fingerprint density at radius 3 is 2.29 bits per heavy atom. The summed E-state index contributed by atoms with van der Waals surface area (Å²) < 4.78 is 27.2. The summed E-state index contributed by atoms with van der Waals surface area (Å²) in [6.45, 7) is 1.90. The van der Waals surface area contributed by atoms with Crippen molar-refractivity contribution in [3.8, 4) is 0 Å². The van der Waals surface area contributed by atoms with E-state index in [0.29, 0.717) is 5.69 Å². The molecule has 2 N–H and O–H groups in total. The summed E-state index contributed by atoms with van der Waals surface area (Å²) in [6.07, 6.45) is 0. The Hall–Kier alpha value is -1.86. The van der Waals surface area contributed by atoms with E-state index in [2.05, 4.69) is 20.7 Å². The molecule has 2 aromatic rings. The molecule has 0 amide bonds. The maximum absolute atomic E-state index is 12.3. The van der Waals surface area contributed by atoms with E-state index in [9.17, 15) is 13.2 Å². The molecule has 0 aliphatic rings. The standard InChI is InChI=1S/C14H12BrNO4S/c1-9-2-5-11(6-3-9)16-21(19,20)13-7-4-10(14(17)18)8-12(13)15/h2-8,16H,1H3,(H,17,18). The second-order valence-electron chi connectivity index (χ2n) is 4.42. The largest absolute Gasteiger partial charge is 0.478 e. The van der Waals surface area contributed by atoms with E-state index in [0.717, 1.165) is 5.56 Å². The van der Waals surface area contributed by atoms with E-state index >= 15 is 0 Å². The molecule has 0 aliphatic heterocycles. The lowest BCUT2D eigenvalue weighted by molar-refractivity contribution is 0.0696. The second-order valence-corrected chi connectivity index (χ2v) is 6.93. The van der Waals surface area contributed by atoms with Crippen LogP contribution in [0.3, 0.4) is 0 Å². The van der Waals surface area contributed by atoms with Gasteiger partial charge in [-0.05, 0) is 53.2 Å². The molecule has 0 bridgehead atoms. The molecule has 7 heteroatoms. The van der Waals surface area contributed by atoms with Gasteiger partial charge >= 0.3 is 5.97 Å². The predicted octanol–water partition coefficient (Wildman–Crippen LogP) is 3.26. The lowest BCUT2D eigenvalue weighted by Gasteiger charge is -2.10. The highest BCUT2D eigenvalue weighted by Gasteiger charge is 2.19. The van der Waals surface area contributed by atoms with Gasteiger partial charge in [0.1, 0.15) is 4.90 Å². The van der Waals surface area contributed by atoms with Crippen molar-refractivity contribution in [1.29, 1.82) is 0 Å². The van der Waals surface area contributed by atoms with E-state index in [1.807, 2.05) is 6.92 Å². The normalized spacial score (nSPS) is 11.1. The summed E-state index contributed by atoms with van der Waals surface area (Å²) in [5.41, 5.74) is 1.47. The third kappa shape index (κ3) is 3.62. The van der Waals surface area contributed by atoms with Crippen molar-refractivity contribution in [1.82, 2.24) is 0 Å². The third-order valence-electron chi connectivity index (χ3n) is 2.77. The smallest absolute Gasteiger partial charge is 0.335 e. The Kier molecular flexibility index (Phi) is 4.34. The van der Waals surface area contributed by atoms with Crippen molar-refractivity contribution in [3.63, 3.8) is 0 Å². The van der Waals surface area contributed by atoms with Crippen molar-refractivity contribution in [2.45, 2.75) is 11.8 Å². The summed E-state index contributed by atoms with van der Waals surface area (Å²) in [5, 5.41) is 8.88. The van der Waals surface area contributed by atoms with Crippen molar-refractivity contribution in [3.05, 3.63) is 58.1 Å². The fourth-order valence-corrected chi connectivity index (χ4v) is 3.82. The number of aromatic carboxylic acids is 1. The Morgan fingerprint density at radius 1 is 1.14 bits per heavy atom. The van der Waals surface area contributed by atoms with E-state index in [4.69, 9.17) is 5.11 Å². The zero-order valence-corrected chi connectivity index (χ0v) is 13.4. The number of hydrogen-bond acceptors (Lipinski definition) is 3. The molecule has 0 heterocycles. The first kappa shape index (κ1) is 15.5. The number of halogens is 1. The Labute approximate surface area is 130 Å². The summed E-state index contributed by atoms with van der Waals surface area (Å²) in [7, 11) is -3.79. The quantitative estimate of drug-likeness (QED) is 0.866. The highest BCUT2D eigenvalue weighted by Crippen LogP contribution is 2.25. The van der Waals surface area contributed by atoms with E-state index in [1.54, 1.807) is 24.3 Å². The Balaban J connectivity index is 2.35. The van der Waals surface area contributed by atoms with Gasteiger partial charge in [0.2, 0.25) is 0 Å². The molecule has 0 saturated heterocycles. The third-order valence-corrected chi connectivity index (χ3v) is 5.13. The molecule has 0 aromatic heterocycles. The van der Waals surface area contributed by atoms with Crippen LogP contribution in [0.5, 0.6) is 0 Å². The molecule has 0 saturated carbocycles. The molecule has 0 spiro atoms. The molecule has 2 aromatic carbocycles. The molecule has 0 unspecified atom stereocenters. The molecule has 21 heavy (non-hydrogen) atoms. The van der Waals surface area contributed by atoms with Gasteiger partial charge in [0.25, 0.3) is 10.0 Å². The van der Waals surface area contributed by atoms with Gasteiger partial charge in [-0.1, -0.05) is 17.7 Å². The van der Waals surface area contributed by atoms with Crippen LogP contribution in [0.15, 0.2) is 51.8 Å². The number of nitrogens with one attached hydrogen (secondary N) is 1. The molecule has 110 valence electrons. The summed E-state index contributed by atoms with van der Waals surface area (Å²) in [4.78, 5) is 10.8. The fraction of sp³-hybridized carbons (Fsp3) is 0.0714. The SMILES string of the molecule is Cc1ccc(NS(=O)(=O)c2ccc(C(=O)O)cc2Br)cc1. The second kappa shape index (κ2) is 5.87. The molecule has 5 nitrogen and oxygen atoms in total. The van der Waals surface area contributed by atoms with Gasteiger partial charge < -0.3 is 5.11 Å². The first-order valence-corrected chi connectivity index (χ1v) is 8.19. The van der Waals surface area contributed by atoms with Gasteiger partial charge in [-0.3, -0.25) is 4.72 Å². The van der Waals surface area contributed by atoms with Gasteiger partial charge in [0.15, 0.2) is 0 Å². The monoisotopic (exact) mass is 369 g/mol. The molecule has 0 radical (unpaired) electrons. The number of carboxylic acid groups (broad SMARTS) is 1. The van der Waals surface area contributed by atoms with Crippen molar-refractivity contribution >= 4 is 37.6 Å². The number of rotatable bonds is 4. The van der Waals surface area contributed by atoms with Crippen LogP contribution in [0.1, 0.15) is 15.9 Å². The lowest BCUT2D eigenvalue weighted by atomic mass is 10.2.